The second kappa shape index (κ2) is 10.2. The summed E-state index contributed by atoms with van der Waals surface area (Å²) in [5.74, 6) is 1.05. The van der Waals surface area contributed by atoms with Gasteiger partial charge in [-0.05, 0) is 51.5 Å². The van der Waals surface area contributed by atoms with E-state index >= 15 is 0 Å². The van der Waals surface area contributed by atoms with Crippen LogP contribution < -0.4 is 10.6 Å². The van der Waals surface area contributed by atoms with Gasteiger partial charge in [0.2, 0.25) is 5.91 Å². The van der Waals surface area contributed by atoms with E-state index in [9.17, 15) is 9.59 Å². The summed E-state index contributed by atoms with van der Waals surface area (Å²) in [7, 11) is 0. The van der Waals surface area contributed by atoms with Crippen molar-refractivity contribution in [2.24, 2.45) is 0 Å². The van der Waals surface area contributed by atoms with Crippen molar-refractivity contribution >= 4 is 29.4 Å². The minimum Gasteiger partial charge on any atom is -0.342 e. The Morgan fingerprint density at radius 2 is 1.97 bits per heavy atom. The third kappa shape index (κ3) is 5.69. The van der Waals surface area contributed by atoms with E-state index in [4.69, 9.17) is 0 Å². The normalized spacial score (nSPS) is 11.7. The number of pyridine rings is 1. The number of benzene rings is 1. The zero-order valence-electron chi connectivity index (χ0n) is 18.0. The van der Waals surface area contributed by atoms with Crippen LogP contribution in [0.15, 0.2) is 47.8 Å². The molecule has 0 aliphatic heterocycles. The lowest BCUT2D eigenvalue weighted by Gasteiger charge is -2.15. The molecular weight excluding hydrogens is 412 g/mol. The summed E-state index contributed by atoms with van der Waals surface area (Å²) in [5.41, 5.74) is 2.53. The predicted octanol–water partition coefficient (Wildman–Crippen LogP) is 3.53. The van der Waals surface area contributed by atoms with Gasteiger partial charge < -0.3 is 15.2 Å². The first-order valence-electron chi connectivity index (χ1n) is 10.0. The molecule has 2 amide bonds. The molecule has 3 rings (SSSR count). The fourth-order valence-corrected chi connectivity index (χ4v) is 3.88. The number of amides is 2. The minimum atomic E-state index is -0.334. The molecule has 0 spiro atoms. The van der Waals surface area contributed by atoms with Crippen LogP contribution >= 0.6 is 11.8 Å². The Bertz CT molecular complexity index is 1080. The van der Waals surface area contributed by atoms with E-state index in [1.807, 2.05) is 62.6 Å². The van der Waals surface area contributed by atoms with Crippen LogP contribution in [0, 0.1) is 13.8 Å². The zero-order chi connectivity index (χ0) is 22.4. The number of rotatable bonds is 8. The smallest absolute Gasteiger partial charge is 0.251 e. The molecule has 31 heavy (non-hydrogen) atoms. The molecular formula is C22H26N6O2S. The molecule has 0 saturated heterocycles. The van der Waals surface area contributed by atoms with Gasteiger partial charge in [-0.15, -0.1) is 10.2 Å². The van der Waals surface area contributed by atoms with Crippen molar-refractivity contribution < 1.29 is 9.59 Å². The molecule has 162 valence electrons. The number of thioether (sulfide) groups is 1. The number of hydrogen-bond acceptors (Lipinski definition) is 6. The monoisotopic (exact) mass is 438 g/mol. The maximum absolute atomic E-state index is 12.6. The molecule has 8 nitrogen and oxygen atoms in total. The lowest BCUT2D eigenvalue weighted by Crippen LogP contribution is -2.28. The summed E-state index contributed by atoms with van der Waals surface area (Å²) in [6.07, 6.45) is 1.64. The molecule has 1 atom stereocenters. The highest BCUT2D eigenvalue weighted by atomic mass is 32.2. The molecule has 1 aromatic carbocycles. The van der Waals surface area contributed by atoms with Crippen LogP contribution in [0.25, 0.3) is 0 Å². The van der Waals surface area contributed by atoms with E-state index < -0.39 is 0 Å². The summed E-state index contributed by atoms with van der Waals surface area (Å²) in [6.45, 7) is 8.30. The molecule has 0 radical (unpaired) electrons. The van der Waals surface area contributed by atoms with Crippen molar-refractivity contribution in [3.05, 3.63) is 65.1 Å². The second-order valence-electron chi connectivity index (χ2n) is 7.16. The van der Waals surface area contributed by atoms with Crippen molar-refractivity contribution in [3.8, 4) is 0 Å². The summed E-state index contributed by atoms with van der Waals surface area (Å²) in [6, 6.07) is 10.8. The summed E-state index contributed by atoms with van der Waals surface area (Å²) >= 11 is 1.30. The van der Waals surface area contributed by atoms with Gasteiger partial charge >= 0.3 is 0 Å². The van der Waals surface area contributed by atoms with E-state index in [1.54, 1.807) is 12.3 Å². The Kier molecular flexibility index (Phi) is 7.41. The lowest BCUT2D eigenvalue weighted by molar-refractivity contribution is -0.113. The molecule has 0 fully saturated rings. The largest absolute Gasteiger partial charge is 0.342 e. The number of hydrogen-bond donors (Lipinski definition) is 2. The Morgan fingerprint density at radius 3 is 2.68 bits per heavy atom. The molecule has 2 N–H and O–H groups in total. The summed E-state index contributed by atoms with van der Waals surface area (Å²) in [5, 5.41) is 14.9. The highest BCUT2D eigenvalue weighted by Gasteiger charge is 2.20. The predicted molar refractivity (Wildman–Crippen MR) is 121 cm³/mol. The van der Waals surface area contributed by atoms with Gasteiger partial charge in [0.05, 0.1) is 11.8 Å². The molecule has 0 saturated carbocycles. The maximum Gasteiger partial charge on any atom is 0.251 e. The van der Waals surface area contributed by atoms with Gasteiger partial charge in [-0.25, -0.2) is 4.98 Å². The number of aromatic nitrogens is 4. The molecule has 2 heterocycles. The third-order valence-electron chi connectivity index (χ3n) is 4.68. The van der Waals surface area contributed by atoms with E-state index in [-0.39, 0.29) is 23.6 Å². The van der Waals surface area contributed by atoms with E-state index in [0.717, 1.165) is 11.1 Å². The number of anilines is 1. The standard InChI is InChI=1S/C22H26N6O2S/c1-5-28-20(16(4)24-21(30)17-10-6-8-14(2)12-17)26-27-22(28)31-13-18(29)25-19-15(3)9-7-11-23-19/h6-12,16H,5,13H2,1-4H3,(H,24,30)(H,23,25,29)/t16-/m0/s1. The van der Waals surface area contributed by atoms with E-state index in [2.05, 4.69) is 25.8 Å². The second-order valence-corrected chi connectivity index (χ2v) is 8.10. The first-order valence-corrected chi connectivity index (χ1v) is 11.0. The average Bonchev–Trinajstić information content (AvgIpc) is 3.17. The van der Waals surface area contributed by atoms with Crippen LogP contribution in [0.3, 0.4) is 0 Å². The van der Waals surface area contributed by atoms with Crippen LogP contribution in [0.1, 0.15) is 47.2 Å². The Morgan fingerprint density at radius 1 is 1.16 bits per heavy atom. The van der Waals surface area contributed by atoms with Crippen molar-refractivity contribution in [2.45, 2.75) is 45.4 Å². The van der Waals surface area contributed by atoms with Crippen molar-refractivity contribution in [2.75, 3.05) is 11.1 Å². The lowest BCUT2D eigenvalue weighted by atomic mass is 10.1. The number of carbonyl (C=O) groups is 2. The van der Waals surface area contributed by atoms with Crippen LogP contribution in [-0.2, 0) is 11.3 Å². The molecule has 0 aliphatic carbocycles. The Balaban J connectivity index is 1.63. The molecule has 0 aliphatic rings. The van der Waals surface area contributed by atoms with Gasteiger partial charge in [-0.1, -0.05) is 35.5 Å². The maximum atomic E-state index is 12.6. The molecule has 0 bridgehead atoms. The fraction of sp³-hybridized carbons (Fsp3) is 0.318. The van der Waals surface area contributed by atoms with Crippen molar-refractivity contribution in [1.29, 1.82) is 0 Å². The molecule has 0 unspecified atom stereocenters. The number of carbonyl (C=O) groups excluding carboxylic acids is 2. The number of nitrogens with zero attached hydrogens (tertiary/aromatic N) is 4. The quantitative estimate of drug-likeness (QED) is 0.522. The van der Waals surface area contributed by atoms with Crippen molar-refractivity contribution in [3.63, 3.8) is 0 Å². The number of aryl methyl sites for hydroxylation is 2. The first-order chi connectivity index (χ1) is 14.9. The topological polar surface area (TPSA) is 102 Å². The molecule has 3 aromatic rings. The van der Waals surface area contributed by atoms with Gasteiger partial charge in [-0.3, -0.25) is 9.59 Å². The molecule has 2 aromatic heterocycles. The van der Waals surface area contributed by atoms with Gasteiger partial charge in [0, 0.05) is 18.3 Å². The van der Waals surface area contributed by atoms with Gasteiger partial charge in [-0.2, -0.15) is 0 Å². The summed E-state index contributed by atoms with van der Waals surface area (Å²) < 4.78 is 1.91. The first kappa shape index (κ1) is 22.5. The number of nitrogens with one attached hydrogen (secondary N) is 2. The highest BCUT2D eigenvalue weighted by Crippen LogP contribution is 2.21. The van der Waals surface area contributed by atoms with Crippen LogP contribution in [-0.4, -0.2) is 37.3 Å². The Labute approximate surface area is 185 Å². The van der Waals surface area contributed by atoms with E-state index in [1.165, 1.54) is 11.8 Å². The van der Waals surface area contributed by atoms with Gasteiger partial charge in [0.25, 0.3) is 5.91 Å². The zero-order valence-corrected chi connectivity index (χ0v) is 18.9. The van der Waals surface area contributed by atoms with Crippen LogP contribution in [0.2, 0.25) is 0 Å². The SMILES string of the molecule is CCn1c(SCC(=O)Nc2ncccc2C)nnc1[C@H](C)NC(=O)c1cccc(C)c1. The third-order valence-corrected chi connectivity index (χ3v) is 5.64. The van der Waals surface area contributed by atoms with Gasteiger partial charge in [0.15, 0.2) is 11.0 Å². The fourth-order valence-electron chi connectivity index (χ4n) is 3.07. The van der Waals surface area contributed by atoms with Crippen LogP contribution in [0.5, 0.6) is 0 Å². The average molecular weight is 439 g/mol. The van der Waals surface area contributed by atoms with Crippen molar-refractivity contribution in [1.82, 2.24) is 25.1 Å². The van der Waals surface area contributed by atoms with Gasteiger partial charge in [0.1, 0.15) is 5.82 Å². The van der Waals surface area contributed by atoms with E-state index in [0.29, 0.717) is 28.9 Å². The molecule has 9 heteroatoms. The highest BCUT2D eigenvalue weighted by molar-refractivity contribution is 7.99. The Hall–Kier alpha value is -3.20. The summed E-state index contributed by atoms with van der Waals surface area (Å²) in [4.78, 5) is 29.1. The minimum absolute atomic E-state index is 0.166. The van der Waals surface area contributed by atoms with Crippen LogP contribution in [0.4, 0.5) is 5.82 Å².